The minimum absolute atomic E-state index is 0.394. The molecule has 0 radical (unpaired) electrons. The van der Waals surface area contributed by atoms with Crippen molar-refractivity contribution < 1.29 is 4.74 Å². The average Bonchev–Trinajstić information content (AvgIpc) is 3.02. The van der Waals surface area contributed by atoms with Crippen LogP contribution < -0.4 is 9.80 Å². The lowest BCUT2D eigenvalue weighted by atomic mass is 9.96. The number of rotatable bonds is 4. The molecule has 0 aliphatic carbocycles. The van der Waals surface area contributed by atoms with Crippen LogP contribution in [0, 0.1) is 13.8 Å². The Balaban J connectivity index is 1.50. The monoisotopic (exact) mass is 420 g/mol. The molecule has 2 aromatic rings. The molecule has 1 aromatic carbocycles. The molecule has 3 aliphatic heterocycles. The third-order valence-corrected chi connectivity index (χ3v) is 7.66. The Morgan fingerprint density at radius 3 is 2.48 bits per heavy atom. The average molecular weight is 421 g/mol. The van der Waals surface area contributed by atoms with Crippen LogP contribution in [0.1, 0.15) is 73.7 Å². The van der Waals surface area contributed by atoms with Gasteiger partial charge in [-0.2, -0.15) is 0 Å². The van der Waals surface area contributed by atoms with Crippen molar-refractivity contribution >= 4 is 11.5 Å². The van der Waals surface area contributed by atoms with Crippen LogP contribution >= 0.6 is 0 Å². The predicted octanol–water partition coefficient (Wildman–Crippen LogP) is 4.93. The van der Waals surface area contributed by atoms with E-state index in [0.29, 0.717) is 24.1 Å². The van der Waals surface area contributed by atoms with E-state index in [0.717, 1.165) is 38.2 Å². The van der Waals surface area contributed by atoms with Crippen molar-refractivity contribution in [3.63, 3.8) is 0 Å². The maximum Gasteiger partial charge on any atom is 0.138 e. The summed E-state index contributed by atoms with van der Waals surface area (Å²) >= 11 is 0. The van der Waals surface area contributed by atoms with Gasteiger partial charge in [0.2, 0.25) is 0 Å². The van der Waals surface area contributed by atoms with Crippen molar-refractivity contribution in [2.24, 2.45) is 0 Å². The van der Waals surface area contributed by atoms with Crippen molar-refractivity contribution in [3.8, 4) is 0 Å². The summed E-state index contributed by atoms with van der Waals surface area (Å²) in [5, 5.41) is 0. The number of anilines is 2. The van der Waals surface area contributed by atoms with Gasteiger partial charge in [-0.3, -0.25) is 0 Å². The quantitative estimate of drug-likeness (QED) is 0.702. The second kappa shape index (κ2) is 8.09. The Labute approximate surface area is 186 Å². The van der Waals surface area contributed by atoms with Gasteiger partial charge in [0.15, 0.2) is 0 Å². The number of benzene rings is 1. The Morgan fingerprint density at radius 2 is 1.81 bits per heavy atom. The molecule has 2 bridgehead atoms. The van der Waals surface area contributed by atoms with Gasteiger partial charge in [-0.25, -0.2) is 9.97 Å². The van der Waals surface area contributed by atoms with Crippen LogP contribution in [0.2, 0.25) is 0 Å². The van der Waals surface area contributed by atoms with Gasteiger partial charge in [0.1, 0.15) is 11.6 Å². The van der Waals surface area contributed by atoms with Crippen LogP contribution in [0.15, 0.2) is 18.2 Å². The number of ether oxygens (including phenoxy) is 1. The predicted molar refractivity (Wildman–Crippen MR) is 126 cm³/mol. The summed E-state index contributed by atoms with van der Waals surface area (Å²) in [4.78, 5) is 15.1. The van der Waals surface area contributed by atoms with Crippen molar-refractivity contribution in [1.82, 2.24) is 9.97 Å². The van der Waals surface area contributed by atoms with Gasteiger partial charge < -0.3 is 14.5 Å². The molecule has 5 nitrogen and oxygen atoms in total. The molecule has 1 aromatic heterocycles. The van der Waals surface area contributed by atoms with E-state index in [1.165, 1.54) is 46.7 Å². The molecule has 166 valence electrons. The first-order valence-corrected chi connectivity index (χ1v) is 12.0. The number of methoxy groups -OCH3 is 1. The molecule has 0 N–H and O–H groups in total. The first-order chi connectivity index (χ1) is 14.9. The molecule has 1 unspecified atom stereocenters. The van der Waals surface area contributed by atoms with Crippen LogP contribution in [0.5, 0.6) is 0 Å². The van der Waals surface area contributed by atoms with Crippen molar-refractivity contribution in [2.45, 2.75) is 90.4 Å². The highest BCUT2D eigenvalue weighted by Gasteiger charge is 2.43. The minimum Gasteiger partial charge on any atom is -0.381 e. The van der Waals surface area contributed by atoms with Gasteiger partial charge in [-0.1, -0.05) is 26.0 Å². The third kappa shape index (κ3) is 3.71. The summed E-state index contributed by atoms with van der Waals surface area (Å²) in [6, 6.07) is 8.04. The molecule has 5 rings (SSSR count). The Hall–Kier alpha value is -2.14. The maximum atomic E-state index is 5.74. The minimum atomic E-state index is 0.394. The molecule has 3 atom stereocenters. The summed E-state index contributed by atoms with van der Waals surface area (Å²) in [6.07, 6.45) is 6.11. The van der Waals surface area contributed by atoms with E-state index in [1.54, 1.807) is 0 Å². The lowest BCUT2D eigenvalue weighted by Crippen LogP contribution is -2.47. The number of aromatic nitrogens is 2. The zero-order valence-electron chi connectivity index (χ0n) is 19.7. The van der Waals surface area contributed by atoms with E-state index in [2.05, 4.69) is 55.7 Å². The van der Waals surface area contributed by atoms with Gasteiger partial charge in [0, 0.05) is 50.0 Å². The van der Waals surface area contributed by atoms with Crippen molar-refractivity contribution in [3.05, 3.63) is 46.4 Å². The second-order valence-corrected chi connectivity index (χ2v) is 10.0. The summed E-state index contributed by atoms with van der Waals surface area (Å²) < 4.78 is 5.74. The van der Waals surface area contributed by atoms with Crippen molar-refractivity contribution in [2.75, 3.05) is 23.5 Å². The van der Waals surface area contributed by atoms with Crippen LogP contribution in [-0.4, -0.2) is 41.8 Å². The molecule has 4 heterocycles. The topological polar surface area (TPSA) is 41.5 Å². The van der Waals surface area contributed by atoms with E-state index in [1.807, 2.05) is 7.11 Å². The summed E-state index contributed by atoms with van der Waals surface area (Å²) in [6.45, 7) is 10.7. The normalized spacial score (nSPS) is 25.3. The highest BCUT2D eigenvalue weighted by Crippen LogP contribution is 2.42. The largest absolute Gasteiger partial charge is 0.381 e. The van der Waals surface area contributed by atoms with Gasteiger partial charge in [0.25, 0.3) is 0 Å². The summed E-state index contributed by atoms with van der Waals surface area (Å²) in [5.74, 6) is 2.65. The van der Waals surface area contributed by atoms with Crippen LogP contribution in [0.25, 0.3) is 0 Å². The molecule has 5 heteroatoms. The number of piperidine rings is 1. The van der Waals surface area contributed by atoms with Gasteiger partial charge >= 0.3 is 0 Å². The van der Waals surface area contributed by atoms with E-state index >= 15 is 0 Å². The molecular weight excluding hydrogens is 384 g/mol. The molecule has 31 heavy (non-hydrogen) atoms. The molecule has 0 spiro atoms. The van der Waals surface area contributed by atoms with Crippen LogP contribution in [0.3, 0.4) is 0 Å². The highest BCUT2D eigenvalue weighted by atomic mass is 16.5. The SMILES string of the molecule is COC1C[C@H]2CC[C@@H](C1)N2c1nc(C)nc2c1CN(c1cc(C(C)C)ccc1C)CC2. The zero-order chi connectivity index (χ0) is 21.7. The van der Waals surface area contributed by atoms with Gasteiger partial charge in [-0.15, -0.1) is 0 Å². The standard InChI is InChI=1S/C26H36N4O/c1-16(2)19-7-6-17(3)25(12-19)29-11-10-24-23(15-29)26(28-18(4)27-24)30-20-8-9-21(30)14-22(13-20)31-5/h6-7,12,16,20-22H,8-11,13-15H2,1-5H3/t20-,21+,22?. The first kappa shape index (κ1) is 20.7. The van der Waals surface area contributed by atoms with E-state index in [9.17, 15) is 0 Å². The smallest absolute Gasteiger partial charge is 0.138 e. The zero-order valence-corrected chi connectivity index (χ0v) is 19.7. The van der Waals surface area contributed by atoms with E-state index in [-0.39, 0.29) is 0 Å². The molecule has 2 saturated heterocycles. The molecule has 2 fully saturated rings. The number of nitrogens with zero attached hydrogens (tertiary/aromatic N) is 4. The van der Waals surface area contributed by atoms with Crippen molar-refractivity contribution in [1.29, 1.82) is 0 Å². The molecule has 0 saturated carbocycles. The molecule has 0 amide bonds. The molecule has 3 aliphatic rings. The first-order valence-electron chi connectivity index (χ1n) is 12.0. The second-order valence-electron chi connectivity index (χ2n) is 10.0. The number of hydrogen-bond acceptors (Lipinski definition) is 5. The summed E-state index contributed by atoms with van der Waals surface area (Å²) in [7, 11) is 1.86. The lowest BCUT2D eigenvalue weighted by molar-refractivity contribution is 0.0681. The number of hydrogen-bond donors (Lipinski definition) is 0. The fraction of sp³-hybridized carbons (Fsp3) is 0.615. The molecular formula is C26H36N4O. The fourth-order valence-corrected chi connectivity index (χ4v) is 5.93. The Kier molecular flexibility index (Phi) is 5.41. The Bertz CT molecular complexity index is 958. The highest BCUT2D eigenvalue weighted by molar-refractivity contribution is 5.61. The van der Waals surface area contributed by atoms with Gasteiger partial charge in [-0.05, 0) is 62.6 Å². The van der Waals surface area contributed by atoms with Crippen LogP contribution in [0.4, 0.5) is 11.5 Å². The fourth-order valence-electron chi connectivity index (χ4n) is 5.93. The van der Waals surface area contributed by atoms with E-state index in [4.69, 9.17) is 14.7 Å². The summed E-state index contributed by atoms with van der Waals surface area (Å²) in [5.41, 5.74) is 6.72. The maximum absolute atomic E-state index is 5.74. The van der Waals surface area contributed by atoms with Gasteiger partial charge in [0.05, 0.1) is 11.8 Å². The Morgan fingerprint density at radius 1 is 1.06 bits per heavy atom. The number of fused-ring (bicyclic) bond motifs is 3. The third-order valence-electron chi connectivity index (χ3n) is 7.66. The van der Waals surface area contributed by atoms with E-state index < -0.39 is 0 Å². The van der Waals surface area contributed by atoms with Crippen LogP contribution in [-0.2, 0) is 17.7 Å². The number of aryl methyl sites for hydroxylation is 2. The lowest BCUT2D eigenvalue weighted by Gasteiger charge is -2.42.